The molecule has 1 spiro atoms. The molecule has 0 heterocycles. The summed E-state index contributed by atoms with van der Waals surface area (Å²) in [4.78, 5) is 0. The number of methoxy groups -OCH3 is 1. The molecule has 3 aliphatic rings. The lowest BCUT2D eigenvalue weighted by Crippen LogP contribution is -2.51. The van der Waals surface area contributed by atoms with Crippen LogP contribution in [-0.2, 0) is 5.41 Å². The van der Waals surface area contributed by atoms with Crippen molar-refractivity contribution >= 4 is 10.8 Å². The van der Waals surface area contributed by atoms with Crippen LogP contribution in [0.5, 0.6) is 11.5 Å². The van der Waals surface area contributed by atoms with Crippen LogP contribution < -0.4 is 4.74 Å². The third-order valence-corrected chi connectivity index (χ3v) is 8.96. The summed E-state index contributed by atoms with van der Waals surface area (Å²) >= 11 is 0. The molecule has 3 aromatic rings. The average molecular weight is 385 g/mol. The molecule has 3 aromatic carbocycles. The molecule has 29 heavy (non-hydrogen) atoms. The first-order valence-corrected chi connectivity index (χ1v) is 10.8. The Labute approximate surface area is 172 Å². The molecule has 0 aliphatic heterocycles. The standard InChI is InChI=1S/C27H28O2/c1-25(2)16-11-12-26(3,15-16)27(25)21-8-6-5-7-19(21)24-20-13-17(29-4)9-10-18(20)23(28)14-22(24)27/h5-10,13-14,16,28H,11-12,15H2,1-4H3. The van der Waals surface area contributed by atoms with E-state index >= 15 is 0 Å². The van der Waals surface area contributed by atoms with Gasteiger partial charge in [-0.15, -0.1) is 0 Å². The highest BCUT2D eigenvalue weighted by Crippen LogP contribution is 2.78. The summed E-state index contributed by atoms with van der Waals surface area (Å²) < 4.78 is 5.56. The van der Waals surface area contributed by atoms with Crippen LogP contribution in [0.25, 0.3) is 21.9 Å². The van der Waals surface area contributed by atoms with Gasteiger partial charge in [-0.05, 0) is 87.9 Å². The highest BCUT2D eigenvalue weighted by Gasteiger charge is 2.72. The van der Waals surface area contributed by atoms with Crippen LogP contribution in [0.4, 0.5) is 0 Å². The Kier molecular flexibility index (Phi) is 3.09. The molecule has 0 amide bonds. The number of ether oxygens (including phenoxy) is 1. The molecular weight excluding hydrogens is 356 g/mol. The first-order chi connectivity index (χ1) is 13.8. The molecular formula is C27H28O2. The maximum Gasteiger partial charge on any atom is 0.123 e. The Morgan fingerprint density at radius 1 is 0.966 bits per heavy atom. The zero-order valence-corrected chi connectivity index (χ0v) is 17.7. The summed E-state index contributed by atoms with van der Waals surface area (Å²) in [7, 11) is 1.71. The molecule has 0 aromatic heterocycles. The Bertz CT molecular complexity index is 1180. The SMILES string of the molecule is COc1ccc2c(O)cc3c(c2c1)-c1ccccc1C31C2(C)CCC(C2)C1(C)C. The number of benzene rings is 3. The Balaban J connectivity index is 1.83. The summed E-state index contributed by atoms with van der Waals surface area (Å²) in [6.45, 7) is 7.45. The minimum Gasteiger partial charge on any atom is -0.507 e. The molecule has 1 N–H and O–H groups in total. The monoisotopic (exact) mass is 384 g/mol. The molecule has 3 aliphatic carbocycles. The van der Waals surface area contributed by atoms with Gasteiger partial charge in [0, 0.05) is 10.8 Å². The van der Waals surface area contributed by atoms with E-state index < -0.39 is 0 Å². The molecule has 2 nitrogen and oxygen atoms in total. The van der Waals surface area contributed by atoms with Crippen molar-refractivity contribution in [1.82, 2.24) is 0 Å². The van der Waals surface area contributed by atoms with Gasteiger partial charge in [0.1, 0.15) is 11.5 Å². The minimum absolute atomic E-state index is 0.0659. The van der Waals surface area contributed by atoms with Gasteiger partial charge in [-0.25, -0.2) is 0 Å². The van der Waals surface area contributed by atoms with Crippen LogP contribution in [0.1, 0.15) is 51.2 Å². The fraction of sp³-hybridized carbons (Fsp3) is 0.407. The molecule has 6 rings (SSSR count). The average Bonchev–Trinajstić information content (AvgIpc) is 3.30. The van der Waals surface area contributed by atoms with Gasteiger partial charge in [-0.3, -0.25) is 0 Å². The van der Waals surface area contributed by atoms with E-state index in [4.69, 9.17) is 4.74 Å². The van der Waals surface area contributed by atoms with Crippen LogP contribution in [0, 0.1) is 16.7 Å². The van der Waals surface area contributed by atoms with Crippen molar-refractivity contribution < 1.29 is 9.84 Å². The fourth-order valence-corrected chi connectivity index (χ4v) is 7.90. The largest absolute Gasteiger partial charge is 0.507 e. The van der Waals surface area contributed by atoms with Gasteiger partial charge in [-0.1, -0.05) is 45.0 Å². The van der Waals surface area contributed by atoms with Crippen molar-refractivity contribution in [3.63, 3.8) is 0 Å². The summed E-state index contributed by atoms with van der Waals surface area (Å²) in [5.41, 5.74) is 5.70. The van der Waals surface area contributed by atoms with Crippen molar-refractivity contribution in [2.75, 3.05) is 7.11 Å². The maximum atomic E-state index is 11.1. The van der Waals surface area contributed by atoms with Crippen molar-refractivity contribution in [3.05, 3.63) is 59.7 Å². The van der Waals surface area contributed by atoms with Gasteiger partial charge in [0.15, 0.2) is 0 Å². The third kappa shape index (κ3) is 1.72. The van der Waals surface area contributed by atoms with Gasteiger partial charge in [0.25, 0.3) is 0 Å². The van der Waals surface area contributed by atoms with Gasteiger partial charge in [-0.2, -0.15) is 0 Å². The van der Waals surface area contributed by atoms with E-state index in [2.05, 4.69) is 57.2 Å². The van der Waals surface area contributed by atoms with Gasteiger partial charge >= 0.3 is 0 Å². The highest BCUT2D eigenvalue weighted by atomic mass is 16.5. The van der Waals surface area contributed by atoms with Crippen LogP contribution in [0.2, 0.25) is 0 Å². The second-order valence-electron chi connectivity index (χ2n) is 10.2. The summed E-state index contributed by atoms with van der Waals surface area (Å²) in [5, 5.41) is 13.1. The van der Waals surface area contributed by atoms with Crippen LogP contribution in [0.15, 0.2) is 48.5 Å². The van der Waals surface area contributed by atoms with Gasteiger partial charge in [0.2, 0.25) is 0 Å². The fourth-order valence-electron chi connectivity index (χ4n) is 7.90. The molecule has 2 heteroatoms. The second-order valence-corrected chi connectivity index (χ2v) is 10.2. The van der Waals surface area contributed by atoms with E-state index in [0.29, 0.717) is 5.75 Å². The van der Waals surface area contributed by atoms with E-state index in [1.807, 2.05) is 12.1 Å². The zero-order chi connectivity index (χ0) is 20.2. The number of rotatable bonds is 1. The predicted octanol–water partition coefficient (Wildman–Crippen LogP) is 6.67. The second kappa shape index (κ2) is 5.16. The number of fused-ring (bicyclic) bond motifs is 10. The number of phenolic OH excluding ortho intramolecular Hbond substituents is 1. The van der Waals surface area contributed by atoms with Crippen LogP contribution in [-0.4, -0.2) is 12.2 Å². The summed E-state index contributed by atoms with van der Waals surface area (Å²) in [6, 6.07) is 17.1. The molecule has 2 bridgehead atoms. The minimum atomic E-state index is -0.0659. The first-order valence-electron chi connectivity index (χ1n) is 10.8. The van der Waals surface area contributed by atoms with E-state index in [9.17, 15) is 5.11 Å². The van der Waals surface area contributed by atoms with Crippen LogP contribution >= 0.6 is 0 Å². The topological polar surface area (TPSA) is 29.5 Å². The van der Waals surface area contributed by atoms with Crippen molar-refractivity contribution in [2.45, 2.75) is 45.4 Å². The van der Waals surface area contributed by atoms with Crippen molar-refractivity contribution in [3.8, 4) is 22.6 Å². The van der Waals surface area contributed by atoms with Gasteiger partial charge in [0.05, 0.1) is 7.11 Å². The van der Waals surface area contributed by atoms with E-state index in [1.54, 1.807) is 7.11 Å². The van der Waals surface area contributed by atoms with Crippen molar-refractivity contribution in [2.24, 2.45) is 16.7 Å². The van der Waals surface area contributed by atoms with Gasteiger partial charge < -0.3 is 9.84 Å². The van der Waals surface area contributed by atoms with E-state index in [0.717, 1.165) is 22.4 Å². The quantitative estimate of drug-likeness (QED) is 0.508. The third-order valence-electron chi connectivity index (χ3n) is 8.96. The molecule has 0 radical (unpaired) electrons. The normalized spacial score (nSPS) is 30.7. The molecule has 2 saturated carbocycles. The van der Waals surface area contributed by atoms with E-state index in [1.165, 1.54) is 41.5 Å². The number of phenols is 1. The summed E-state index contributed by atoms with van der Waals surface area (Å²) in [6.07, 6.45) is 3.84. The predicted molar refractivity (Wildman–Crippen MR) is 118 cm³/mol. The van der Waals surface area contributed by atoms with Crippen molar-refractivity contribution in [1.29, 1.82) is 0 Å². The maximum absolute atomic E-state index is 11.1. The Hall–Kier alpha value is -2.48. The smallest absolute Gasteiger partial charge is 0.123 e. The lowest BCUT2D eigenvalue weighted by Gasteiger charge is -2.54. The molecule has 148 valence electrons. The lowest BCUT2D eigenvalue weighted by atomic mass is 9.49. The molecule has 3 unspecified atom stereocenters. The number of hydrogen-bond donors (Lipinski definition) is 1. The number of aromatic hydroxyl groups is 1. The molecule has 0 saturated heterocycles. The first kappa shape index (κ1) is 17.4. The molecule has 3 atom stereocenters. The zero-order valence-electron chi connectivity index (χ0n) is 17.7. The van der Waals surface area contributed by atoms with E-state index in [-0.39, 0.29) is 16.2 Å². The summed E-state index contributed by atoms with van der Waals surface area (Å²) in [5.74, 6) is 1.94. The Morgan fingerprint density at radius 2 is 1.76 bits per heavy atom. The number of hydrogen-bond acceptors (Lipinski definition) is 2. The highest BCUT2D eigenvalue weighted by molar-refractivity contribution is 6.06. The lowest BCUT2D eigenvalue weighted by molar-refractivity contribution is 0.0684. The molecule has 2 fully saturated rings. The Morgan fingerprint density at radius 3 is 2.48 bits per heavy atom. The van der Waals surface area contributed by atoms with Crippen LogP contribution in [0.3, 0.4) is 0 Å².